The molecule has 0 saturated heterocycles. The van der Waals surface area contributed by atoms with E-state index in [1.807, 2.05) is 18.2 Å². The molecule has 0 radical (unpaired) electrons. The fraction of sp³-hybridized carbons (Fsp3) is 0.400. The van der Waals surface area contributed by atoms with Gasteiger partial charge in [-0.15, -0.1) is 11.3 Å². The maximum absolute atomic E-state index is 5.80. The minimum Gasteiger partial charge on any atom is -0.399 e. The van der Waals surface area contributed by atoms with Gasteiger partial charge in [0.05, 0.1) is 10.7 Å². The zero-order valence-electron chi connectivity index (χ0n) is 10.4. The number of nitrogens with two attached hydrogens (primary N) is 1. The van der Waals surface area contributed by atoms with E-state index >= 15 is 0 Å². The van der Waals surface area contributed by atoms with Crippen LogP contribution in [0.1, 0.15) is 47.9 Å². The van der Waals surface area contributed by atoms with Gasteiger partial charge in [0.1, 0.15) is 0 Å². The molecule has 3 heteroatoms. The van der Waals surface area contributed by atoms with Crippen molar-refractivity contribution in [1.29, 1.82) is 0 Å². The van der Waals surface area contributed by atoms with Crippen molar-refractivity contribution in [3.63, 3.8) is 0 Å². The van der Waals surface area contributed by atoms with Crippen LogP contribution in [0.3, 0.4) is 0 Å². The average molecular weight is 258 g/mol. The standard InChI is InChI=1S/C15H18N2S/c16-13-7-3-4-11(8-13)9-15-17-14(10-18-15)12-5-1-2-6-12/h3-4,7-8,10,12H,1-2,5-6,9,16H2. The van der Waals surface area contributed by atoms with E-state index in [0.717, 1.165) is 18.0 Å². The molecule has 18 heavy (non-hydrogen) atoms. The summed E-state index contributed by atoms with van der Waals surface area (Å²) >= 11 is 1.79. The number of nitrogens with zero attached hydrogens (tertiary/aromatic N) is 1. The van der Waals surface area contributed by atoms with E-state index in [1.54, 1.807) is 11.3 Å². The van der Waals surface area contributed by atoms with Gasteiger partial charge in [0.25, 0.3) is 0 Å². The minimum absolute atomic E-state index is 0.718. The van der Waals surface area contributed by atoms with Crippen molar-refractivity contribution in [3.8, 4) is 0 Å². The lowest BCUT2D eigenvalue weighted by molar-refractivity contribution is 0.700. The quantitative estimate of drug-likeness (QED) is 0.846. The summed E-state index contributed by atoms with van der Waals surface area (Å²) in [5, 5.41) is 3.46. The number of rotatable bonds is 3. The van der Waals surface area contributed by atoms with E-state index in [4.69, 9.17) is 10.7 Å². The molecule has 1 aromatic heterocycles. The molecule has 2 N–H and O–H groups in total. The number of anilines is 1. The van der Waals surface area contributed by atoms with E-state index in [9.17, 15) is 0 Å². The maximum Gasteiger partial charge on any atom is 0.0972 e. The Balaban J connectivity index is 1.73. The van der Waals surface area contributed by atoms with Gasteiger partial charge in [0.2, 0.25) is 0 Å². The summed E-state index contributed by atoms with van der Waals surface area (Å²) in [6.07, 6.45) is 6.28. The molecule has 94 valence electrons. The van der Waals surface area contributed by atoms with Gasteiger partial charge < -0.3 is 5.73 Å². The van der Waals surface area contributed by atoms with Crippen molar-refractivity contribution < 1.29 is 0 Å². The zero-order valence-corrected chi connectivity index (χ0v) is 11.2. The lowest BCUT2D eigenvalue weighted by Crippen LogP contribution is -1.94. The second-order valence-corrected chi connectivity index (χ2v) is 6.01. The first kappa shape index (κ1) is 11.7. The average Bonchev–Trinajstić information content (AvgIpc) is 2.98. The summed E-state index contributed by atoms with van der Waals surface area (Å²) in [5.41, 5.74) is 9.20. The van der Waals surface area contributed by atoms with E-state index in [1.165, 1.54) is 41.9 Å². The normalized spacial score (nSPS) is 16.2. The van der Waals surface area contributed by atoms with Crippen LogP contribution < -0.4 is 5.73 Å². The zero-order chi connectivity index (χ0) is 12.4. The molecule has 2 aromatic rings. The Kier molecular flexibility index (Phi) is 3.33. The molecule has 1 saturated carbocycles. The Morgan fingerprint density at radius 2 is 2.11 bits per heavy atom. The third-order valence-corrected chi connectivity index (χ3v) is 4.52. The lowest BCUT2D eigenvalue weighted by atomic mass is 10.1. The van der Waals surface area contributed by atoms with Crippen molar-refractivity contribution >= 4 is 17.0 Å². The second kappa shape index (κ2) is 5.11. The molecule has 1 aliphatic rings. The molecular formula is C15H18N2S. The van der Waals surface area contributed by atoms with Gasteiger partial charge in [0, 0.05) is 23.4 Å². The van der Waals surface area contributed by atoms with Crippen LogP contribution >= 0.6 is 11.3 Å². The van der Waals surface area contributed by atoms with Gasteiger partial charge in [-0.05, 0) is 30.5 Å². The first-order valence-electron chi connectivity index (χ1n) is 6.60. The highest BCUT2D eigenvalue weighted by atomic mass is 32.1. The predicted octanol–water partition coefficient (Wildman–Crippen LogP) is 3.97. The van der Waals surface area contributed by atoms with Gasteiger partial charge in [-0.2, -0.15) is 0 Å². The van der Waals surface area contributed by atoms with Gasteiger partial charge in [-0.25, -0.2) is 4.98 Å². The minimum atomic E-state index is 0.718. The van der Waals surface area contributed by atoms with Crippen molar-refractivity contribution in [2.24, 2.45) is 0 Å². The third-order valence-electron chi connectivity index (χ3n) is 3.65. The van der Waals surface area contributed by atoms with Crippen molar-refractivity contribution in [2.45, 2.75) is 38.0 Å². The van der Waals surface area contributed by atoms with Crippen LogP contribution in [0.25, 0.3) is 0 Å². The van der Waals surface area contributed by atoms with Gasteiger partial charge >= 0.3 is 0 Å². The molecule has 2 nitrogen and oxygen atoms in total. The van der Waals surface area contributed by atoms with E-state index in [2.05, 4.69) is 11.4 Å². The molecule has 3 rings (SSSR count). The molecule has 1 aromatic carbocycles. The smallest absolute Gasteiger partial charge is 0.0972 e. The third kappa shape index (κ3) is 2.56. The highest BCUT2D eigenvalue weighted by Gasteiger charge is 2.19. The van der Waals surface area contributed by atoms with E-state index < -0.39 is 0 Å². The Morgan fingerprint density at radius 1 is 1.28 bits per heavy atom. The van der Waals surface area contributed by atoms with E-state index in [-0.39, 0.29) is 0 Å². The van der Waals surface area contributed by atoms with E-state index in [0.29, 0.717) is 0 Å². The summed E-state index contributed by atoms with van der Waals surface area (Å²) in [7, 11) is 0. The second-order valence-electron chi connectivity index (χ2n) is 5.07. The maximum atomic E-state index is 5.80. The van der Waals surface area contributed by atoms with Crippen LogP contribution in [0.4, 0.5) is 5.69 Å². The molecule has 0 unspecified atom stereocenters. The van der Waals surface area contributed by atoms with Gasteiger partial charge in [0.15, 0.2) is 0 Å². The highest BCUT2D eigenvalue weighted by Crippen LogP contribution is 2.34. The van der Waals surface area contributed by atoms with Gasteiger partial charge in [-0.3, -0.25) is 0 Å². The molecule has 0 amide bonds. The topological polar surface area (TPSA) is 38.9 Å². The first-order valence-corrected chi connectivity index (χ1v) is 7.48. The number of benzene rings is 1. The summed E-state index contributed by atoms with van der Waals surface area (Å²) in [5.74, 6) is 0.718. The lowest BCUT2D eigenvalue weighted by Gasteiger charge is -2.03. The molecule has 1 fully saturated rings. The SMILES string of the molecule is Nc1cccc(Cc2nc(C3CCCC3)cs2)c1. The van der Waals surface area contributed by atoms with Crippen LogP contribution in [0.15, 0.2) is 29.6 Å². The van der Waals surface area contributed by atoms with Crippen LogP contribution in [-0.4, -0.2) is 4.98 Å². The molecule has 0 bridgehead atoms. The Hall–Kier alpha value is -1.35. The predicted molar refractivity (Wildman–Crippen MR) is 77.0 cm³/mol. The van der Waals surface area contributed by atoms with Crippen molar-refractivity contribution in [1.82, 2.24) is 4.98 Å². The van der Waals surface area contributed by atoms with Crippen LogP contribution in [0.2, 0.25) is 0 Å². The molecule has 0 atom stereocenters. The summed E-state index contributed by atoms with van der Waals surface area (Å²) in [6, 6.07) is 8.09. The van der Waals surface area contributed by atoms with Crippen LogP contribution in [-0.2, 0) is 6.42 Å². The van der Waals surface area contributed by atoms with Gasteiger partial charge in [-0.1, -0.05) is 25.0 Å². The number of thiazole rings is 1. The molecular weight excluding hydrogens is 240 g/mol. The number of hydrogen-bond donors (Lipinski definition) is 1. The number of nitrogen functional groups attached to an aromatic ring is 1. The summed E-state index contributed by atoms with van der Waals surface area (Å²) < 4.78 is 0. The highest BCUT2D eigenvalue weighted by molar-refractivity contribution is 7.09. The monoisotopic (exact) mass is 258 g/mol. The Bertz CT molecular complexity index is 527. The molecule has 1 aliphatic carbocycles. The first-order chi connectivity index (χ1) is 8.81. The summed E-state index contributed by atoms with van der Waals surface area (Å²) in [4.78, 5) is 4.79. The molecule has 0 spiro atoms. The fourth-order valence-electron chi connectivity index (χ4n) is 2.69. The molecule has 1 heterocycles. The summed E-state index contributed by atoms with van der Waals surface area (Å²) in [6.45, 7) is 0. The van der Waals surface area contributed by atoms with Crippen molar-refractivity contribution in [3.05, 3.63) is 45.9 Å². The fourth-order valence-corrected chi connectivity index (χ4v) is 3.60. The Labute approximate surface area is 112 Å². The number of aromatic nitrogens is 1. The Morgan fingerprint density at radius 3 is 2.89 bits per heavy atom. The van der Waals surface area contributed by atoms with Crippen LogP contribution in [0, 0.1) is 0 Å². The molecule has 0 aliphatic heterocycles. The number of hydrogen-bond acceptors (Lipinski definition) is 3. The van der Waals surface area contributed by atoms with Crippen LogP contribution in [0.5, 0.6) is 0 Å². The van der Waals surface area contributed by atoms with Crippen molar-refractivity contribution in [2.75, 3.05) is 5.73 Å². The largest absolute Gasteiger partial charge is 0.399 e.